The summed E-state index contributed by atoms with van der Waals surface area (Å²) in [6, 6.07) is 8.50. The van der Waals surface area contributed by atoms with Gasteiger partial charge in [-0.3, -0.25) is 0 Å². The predicted octanol–water partition coefficient (Wildman–Crippen LogP) is 3.33. The lowest BCUT2D eigenvalue weighted by atomic mass is 10.2. The first-order valence-corrected chi connectivity index (χ1v) is 6.14. The summed E-state index contributed by atoms with van der Waals surface area (Å²) in [6.45, 7) is 2.12. The molecule has 0 amide bonds. The normalized spacial score (nSPS) is 10.5. The minimum atomic E-state index is 0.901. The maximum atomic E-state index is 4.31. The molecule has 0 bridgehead atoms. The quantitative estimate of drug-likeness (QED) is 0.778. The van der Waals surface area contributed by atoms with Gasteiger partial charge in [-0.2, -0.15) is 0 Å². The third-order valence-corrected chi connectivity index (χ3v) is 3.05. The van der Waals surface area contributed by atoms with Crippen molar-refractivity contribution in [2.24, 2.45) is 0 Å². The van der Waals surface area contributed by atoms with E-state index in [0.717, 1.165) is 17.6 Å². The van der Waals surface area contributed by atoms with Crippen molar-refractivity contribution in [3.63, 3.8) is 0 Å². The van der Waals surface area contributed by atoms with Crippen LogP contribution in [-0.4, -0.2) is 9.55 Å². The Bertz CT molecular complexity index is 431. The average molecular weight is 265 g/mol. The van der Waals surface area contributed by atoms with E-state index in [9.17, 15) is 0 Å². The summed E-state index contributed by atoms with van der Waals surface area (Å²) in [5.74, 6) is 1.10. The van der Waals surface area contributed by atoms with Crippen LogP contribution in [0.1, 0.15) is 18.3 Å². The summed E-state index contributed by atoms with van der Waals surface area (Å²) in [5, 5.41) is 0.901. The molecule has 0 spiro atoms. The van der Waals surface area contributed by atoms with Crippen LogP contribution in [0.5, 0.6) is 0 Å². The minimum Gasteiger partial charge on any atom is -0.304 e. The Morgan fingerprint density at radius 1 is 1.27 bits per heavy atom. The highest BCUT2D eigenvalue weighted by Gasteiger charge is 2.01. The summed E-state index contributed by atoms with van der Waals surface area (Å²) < 4.78 is 2.12. The zero-order chi connectivity index (χ0) is 10.7. The largest absolute Gasteiger partial charge is 0.304 e. The van der Waals surface area contributed by atoms with Gasteiger partial charge >= 0.3 is 0 Å². The van der Waals surface area contributed by atoms with Gasteiger partial charge in [0.1, 0.15) is 5.82 Å². The third-order valence-electron chi connectivity index (χ3n) is 2.40. The van der Waals surface area contributed by atoms with E-state index in [2.05, 4.69) is 56.7 Å². The molecule has 2 aromatic rings. The maximum Gasteiger partial charge on any atom is 0.112 e. The smallest absolute Gasteiger partial charge is 0.112 e. The Labute approximate surface area is 98.1 Å². The third kappa shape index (κ3) is 2.12. The summed E-state index contributed by atoms with van der Waals surface area (Å²) in [6.07, 6.45) is 4.80. The maximum absolute atomic E-state index is 4.31. The SMILES string of the molecule is CCc1nccn1-c1ccc(CBr)cc1. The Morgan fingerprint density at radius 2 is 2.00 bits per heavy atom. The molecule has 0 saturated carbocycles. The lowest BCUT2D eigenvalue weighted by Crippen LogP contribution is -1.98. The van der Waals surface area contributed by atoms with Gasteiger partial charge in [0.15, 0.2) is 0 Å². The van der Waals surface area contributed by atoms with Crippen LogP contribution in [0.2, 0.25) is 0 Å². The Morgan fingerprint density at radius 3 is 2.60 bits per heavy atom. The molecule has 2 rings (SSSR count). The van der Waals surface area contributed by atoms with Gasteiger partial charge in [-0.1, -0.05) is 35.0 Å². The first kappa shape index (κ1) is 10.4. The number of aryl methyl sites for hydroxylation is 1. The van der Waals surface area contributed by atoms with Crippen molar-refractivity contribution in [1.29, 1.82) is 0 Å². The van der Waals surface area contributed by atoms with Crippen LogP contribution in [0.4, 0.5) is 0 Å². The van der Waals surface area contributed by atoms with Gasteiger partial charge in [-0.05, 0) is 17.7 Å². The highest BCUT2D eigenvalue weighted by molar-refractivity contribution is 9.08. The van der Waals surface area contributed by atoms with Crippen molar-refractivity contribution in [3.8, 4) is 5.69 Å². The molecule has 3 heteroatoms. The number of benzene rings is 1. The predicted molar refractivity (Wildman–Crippen MR) is 65.6 cm³/mol. The van der Waals surface area contributed by atoms with Gasteiger partial charge in [0, 0.05) is 29.8 Å². The van der Waals surface area contributed by atoms with E-state index < -0.39 is 0 Å². The molecule has 78 valence electrons. The zero-order valence-electron chi connectivity index (χ0n) is 8.65. The second kappa shape index (κ2) is 4.62. The van der Waals surface area contributed by atoms with Crippen LogP contribution in [0.15, 0.2) is 36.7 Å². The number of nitrogens with zero attached hydrogens (tertiary/aromatic N) is 2. The molecular formula is C12H13BrN2. The summed E-state index contributed by atoms with van der Waals surface area (Å²) >= 11 is 3.44. The Kier molecular flexibility index (Phi) is 3.21. The number of alkyl halides is 1. The fourth-order valence-electron chi connectivity index (χ4n) is 1.58. The van der Waals surface area contributed by atoms with Gasteiger partial charge < -0.3 is 4.57 Å². The van der Waals surface area contributed by atoms with Crippen LogP contribution >= 0.6 is 15.9 Å². The number of halogens is 1. The van der Waals surface area contributed by atoms with Gasteiger partial charge in [0.05, 0.1) is 0 Å². The molecule has 1 heterocycles. The fraction of sp³-hybridized carbons (Fsp3) is 0.250. The highest BCUT2D eigenvalue weighted by atomic mass is 79.9. The minimum absolute atomic E-state index is 0.901. The zero-order valence-corrected chi connectivity index (χ0v) is 10.2. The van der Waals surface area contributed by atoms with Gasteiger partial charge in [0.2, 0.25) is 0 Å². The lowest BCUT2D eigenvalue weighted by Gasteiger charge is -2.06. The Balaban J connectivity index is 2.37. The molecule has 0 radical (unpaired) electrons. The van der Waals surface area contributed by atoms with Crippen molar-refractivity contribution < 1.29 is 0 Å². The fourth-order valence-corrected chi connectivity index (χ4v) is 1.95. The molecule has 0 unspecified atom stereocenters. The van der Waals surface area contributed by atoms with E-state index in [4.69, 9.17) is 0 Å². The number of aromatic nitrogens is 2. The van der Waals surface area contributed by atoms with E-state index in [1.807, 2.05) is 12.4 Å². The van der Waals surface area contributed by atoms with E-state index >= 15 is 0 Å². The van der Waals surface area contributed by atoms with Crippen molar-refractivity contribution in [3.05, 3.63) is 48.0 Å². The van der Waals surface area contributed by atoms with Crippen molar-refractivity contribution >= 4 is 15.9 Å². The summed E-state index contributed by atoms with van der Waals surface area (Å²) in [5.41, 5.74) is 2.46. The van der Waals surface area contributed by atoms with Crippen molar-refractivity contribution in [2.45, 2.75) is 18.7 Å². The topological polar surface area (TPSA) is 17.8 Å². The molecule has 1 aromatic carbocycles. The molecule has 0 aliphatic heterocycles. The molecule has 1 aromatic heterocycles. The van der Waals surface area contributed by atoms with E-state index in [0.29, 0.717) is 0 Å². The van der Waals surface area contributed by atoms with Crippen LogP contribution < -0.4 is 0 Å². The van der Waals surface area contributed by atoms with Crippen LogP contribution in [0.3, 0.4) is 0 Å². The van der Waals surface area contributed by atoms with Gasteiger partial charge in [-0.15, -0.1) is 0 Å². The van der Waals surface area contributed by atoms with E-state index in [1.165, 1.54) is 11.3 Å². The number of hydrogen-bond donors (Lipinski definition) is 0. The van der Waals surface area contributed by atoms with Crippen molar-refractivity contribution in [1.82, 2.24) is 9.55 Å². The monoisotopic (exact) mass is 264 g/mol. The number of imidazole rings is 1. The standard InChI is InChI=1S/C12H13BrN2/c1-2-12-14-7-8-15(12)11-5-3-10(9-13)4-6-11/h3-8H,2,9H2,1H3. The van der Waals surface area contributed by atoms with E-state index in [-0.39, 0.29) is 0 Å². The molecule has 2 nitrogen and oxygen atoms in total. The molecule has 0 saturated heterocycles. The van der Waals surface area contributed by atoms with Crippen LogP contribution in [-0.2, 0) is 11.8 Å². The molecule has 15 heavy (non-hydrogen) atoms. The summed E-state index contributed by atoms with van der Waals surface area (Å²) in [7, 11) is 0. The molecule has 0 aliphatic rings. The van der Waals surface area contributed by atoms with Crippen LogP contribution in [0, 0.1) is 0 Å². The Hall–Kier alpha value is -1.09. The molecule has 0 aliphatic carbocycles. The molecular weight excluding hydrogens is 252 g/mol. The van der Waals surface area contributed by atoms with E-state index in [1.54, 1.807) is 0 Å². The molecule has 0 fully saturated rings. The molecule has 0 N–H and O–H groups in total. The first-order valence-electron chi connectivity index (χ1n) is 5.02. The summed E-state index contributed by atoms with van der Waals surface area (Å²) in [4.78, 5) is 4.31. The lowest BCUT2D eigenvalue weighted by molar-refractivity contribution is 0.891. The highest BCUT2D eigenvalue weighted by Crippen LogP contribution is 2.13. The number of rotatable bonds is 3. The van der Waals surface area contributed by atoms with Crippen molar-refractivity contribution in [2.75, 3.05) is 0 Å². The van der Waals surface area contributed by atoms with Crippen LogP contribution in [0.25, 0.3) is 5.69 Å². The average Bonchev–Trinajstić information content (AvgIpc) is 2.77. The second-order valence-electron chi connectivity index (χ2n) is 3.37. The number of hydrogen-bond acceptors (Lipinski definition) is 1. The van der Waals surface area contributed by atoms with Gasteiger partial charge in [-0.25, -0.2) is 4.98 Å². The second-order valence-corrected chi connectivity index (χ2v) is 3.93. The first-order chi connectivity index (χ1) is 7.35. The molecule has 0 atom stereocenters. The van der Waals surface area contributed by atoms with Gasteiger partial charge in [0.25, 0.3) is 0 Å².